The van der Waals surface area contributed by atoms with Gasteiger partial charge < -0.3 is 4.90 Å². The van der Waals surface area contributed by atoms with E-state index in [9.17, 15) is 4.39 Å². The van der Waals surface area contributed by atoms with Crippen molar-refractivity contribution >= 4 is 11.4 Å². The van der Waals surface area contributed by atoms with Crippen molar-refractivity contribution in [1.82, 2.24) is 4.90 Å². The zero-order chi connectivity index (χ0) is 13.2. The summed E-state index contributed by atoms with van der Waals surface area (Å²) >= 11 is 0. The molecule has 0 N–H and O–H groups in total. The molecule has 1 aromatic rings. The van der Waals surface area contributed by atoms with Crippen LogP contribution in [0, 0.1) is 5.82 Å². The van der Waals surface area contributed by atoms with Gasteiger partial charge in [-0.25, -0.2) is 4.39 Å². The van der Waals surface area contributed by atoms with Gasteiger partial charge in [0.1, 0.15) is 5.82 Å². The molecule has 2 aliphatic heterocycles. The molecule has 19 heavy (non-hydrogen) atoms. The first-order valence-corrected chi connectivity index (χ1v) is 6.61. The van der Waals surface area contributed by atoms with Crippen molar-refractivity contribution in [3.05, 3.63) is 34.5 Å². The van der Waals surface area contributed by atoms with Crippen molar-refractivity contribution in [2.45, 2.75) is 18.9 Å². The maximum absolute atomic E-state index is 14.1. The summed E-state index contributed by atoms with van der Waals surface area (Å²) in [4.78, 5) is 7.26. The summed E-state index contributed by atoms with van der Waals surface area (Å²) in [6.45, 7) is 3.92. The first kappa shape index (κ1) is 12.3. The van der Waals surface area contributed by atoms with Crippen molar-refractivity contribution in [2.24, 2.45) is 5.11 Å². The first-order valence-electron chi connectivity index (χ1n) is 6.61. The summed E-state index contributed by atoms with van der Waals surface area (Å²) in [6, 6.07) is 5.24. The van der Waals surface area contributed by atoms with Crippen LogP contribution in [0.3, 0.4) is 0 Å². The highest BCUT2D eigenvalue weighted by Gasteiger charge is 2.31. The third-order valence-corrected chi connectivity index (χ3v) is 4.02. The van der Waals surface area contributed by atoms with E-state index in [2.05, 4.69) is 19.8 Å². The number of rotatable bonds is 2. The fraction of sp³-hybridized carbons (Fsp3) is 0.538. The zero-order valence-corrected chi connectivity index (χ0v) is 10.7. The average molecular weight is 261 g/mol. The normalized spacial score (nSPS) is 23.0. The molecule has 3 rings (SSSR count). The number of anilines is 1. The molecule has 0 spiro atoms. The van der Waals surface area contributed by atoms with Crippen molar-refractivity contribution in [1.29, 1.82) is 0 Å². The highest BCUT2D eigenvalue weighted by atomic mass is 19.1. The summed E-state index contributed by atoms with van der Waals surface area (Å²) < 4.78 is 14.1. The molecule has 2 saturated heterocycles. The molecule has 0 bridgehead atoms. The van der Waals surface area contributed by atoms with Crippen molar-refractivity contribution < 1.29 is 4.39 Å². The van der Waals surface area contributed by atoms with E-state index in [1.54, 1.807) is 12.1 Å². The predicted molar refractivity (Wildman–Crippen MR) is 72.0 cm³/mol. The fourth-order valence-corrected chi connectivity index (χ4v) is 3.08. The third-order valence-electron chi connectivity index (χ3n) is 4.02. The number of nitrogens with zero attached hydrogens (tertiary/aromatic N) is 5. The van der Waals surface area contributed by atoms with Gasteiger partial charge in [-0.2, -0.15) is 0 Å². The lowest BCUT2D eigenvalue weighted by atomic mass is 10.1. The summed E-state index contributed by atoms with van der Waals surface area (Å²) in [6.07, 6.45) is 2.45. The van der Waals surface area contributed by atoms with Gasteiger partial charge in [0, 0.05) is 36.3 Å². The molecular weight excluding hydrogens is 245 g/mol. The van der Waals surface area contributed by atoms with E-state index < -0.39 is 0 Å². The molecule has 1 atom stereocenters. The largest absolute Gasteiger partial charge is 0.366 e. The van der Waals surface area contributed by atoms with Gasteiger partial charge in [0.25, 0.3) is 0 Å². The van der Waals surface area contributed by atoms with Gasteiger partial charge in [-0.05, 0) is 37.1 Å². The molecule has 5 nitrogen and oxygen atoms in total. The number of halogens is 1. The molecule has 2 aliphatic rings. The number of benzene rings is 1. The SMILES string of the molecule is [N-]=[N+]=Nc1ccc(N2CCN3CCCC3C2)c(F)c1. The molecule has 0 aromatic heterocycles. The zero-order valence-electron chi connectivity index (χ0n) is 10.7. The van der Waals surface area contributed by atoms with Crippen LogP contribution in [0.5, 0.6) is 0 Å². The smallest absolute Gasteiger partial charge is 0.146 e. The number of fused-ring (bicyclic) bond motifs is 1. The lowest BCUT2D eigenvalue weighted by molar-refractivity contribution is 0.230. The van der Waals surface area contributed by atoms with Crippen molar-refractivity contribution in [2.75, 3.05) is 31.1 Å². The van der Waals surface area contributed by atoms with Crippen molar-refractivity contribution in [3.8, 4) is 0 Å². The monoisotopic (exact) mass is 261 g/mol. The Labute approximate surface area is 111 Å². The molecule has 0 aliphatic carbocycles. The first-order chi connectivity index (χ1) is 9.28. The van der Waals surface area contributed by atoms with Crippen LogP contribution in [0.4, 0.5) is 15.8 Å². The molecule has 0 radical (unpaired) electrons. The second kappa shape index (κ2) is 5.07. The Hall–Kier alpha value is -1.78. The Kier molecular flexibility index (Phi) is 3.27. The quantitative estimate of drug-likeness (QED) is 0.466. The van der Waals surface area contributed by atoms with E-state index in [4.69, 9.17) is 5.53 Å². The van der Waals surface area contributed by atoms with Crippen LogP contribution in [0.15, 0.2) is 23.3 Å². The van der Waals surface area contributed by atoms with E-state index in [0.717, 1.165) is 19.6 Å². The van der Waals surface area contributed by atoms with Crippen LogP contribution < -0.4 is 4.90 Å². The second-order valence-corrected chi connectivity index (χ2v) is 5.10. The minimum atomic E-state index is -0.309. The van der Waals surface area contributed by atoms with Gasteiger partial charge in [-0.1, -0.05) is 11.2 Å². The van der Waals surface area contributed by atoms with E-state index in [0.29, 0.717) is 17.4 Å². The number of azide groups is 1. The van der Waals surface area contributed by atoms with Crippen LogP contribution in [-0.4, -0.2) is 37.1 Å². The minimum Gasteiger partial charge on any atom is -0.366 e. The van der Waals surface area contributed by atoms with E-state index in [1.165, 1.54) is 25.5 Å². The van der Waals surface area contributed by atoms with Crippen LogP contribution in [0.25, 0.3) is 10.4 Å². The second-order valence-electron chi connectivity index (χ2n) is 5.10. The molecule has 1 unspecified atom stereocenters. The molecule has 100 valence electrons. The maximum atomic E-state index is 14.1. The summed E-state index contributed by atoms with van der Waals surface area (Å²) in [5.41, 5.74) is 9.29. The van der Waals surface area contributed by atoms with Crippen LogP contribution in [0.2, 0.25) is 0 Å². The standard InChI is InChI=1S/C13H16FN5/c14-12-8-10(16-17-15)3-4-13(12)19-7-6-18-5-1-2-11(18)9-19/h3-4,8,11H,1-2,5-7,9H2. The lowest BCUT2D eigenvalue weighted by Gasteiger charge is -2.38. The van der Waals surface area contributed by atoms with Crippen LogP contribution in [0.1, 0.15) is 12.8 Å². The number of piperazine rings is 1. The van der Waals surface area contributed by atoms with Gasteiger partial charge in [-0.3, -0.25) is 4.90 Å². The highest BCUT2D eigenvalue weighted by molar-refractivity contribution is 5.54. The van der Waals surface area contributed by atoms with E-state index in [1.807, 2.05) is 0 Å². The fourth-order valence-electron chi connectivity index (χ4n) is 3.08. The van der Waals surface area contributed by atoms with Gasteiger partial charge in [0.15, 0.2) is 0 Å². The predicted octanol–water partition coefficient (Wildman–Crippen LogP) is 3.05. The van der Waals surface area contributed by atoms with Crippen LogP contribution in [-0.2, 0) is 0 Å². The Balaban J connectivity index is 1.80. The summed E-state index contributed by atoms with van der Waals surface area (Å²) in [5.74, 6) is -0.309. The summed E-state index contributed by atoms with van der Waals surface area (Å²) in [7, 11) is 0. The minimum absolute atomic E-state index is 0.309. The van der Waals surface area contributed by atoms with E-state index >= 15 is 0 Å². The topological polar surface area (TPSA) is 55.2 Å². The Morgan fingerprint density at radius 3 is 3.00 bits per heavy atom. The Bertz CT molecular complexity index is 526. The molecule has 2 fully saturated rings. The maximum Gasteiger partial charge on any atom is 0.146 e. The number of hydrogen-bond acceptors (Lipinski definition) is 3. The molecule has 0 saturated carbocycles. The lowest BCUT2D eigenvalue weighted by Crippen LogP contribution is -2.50. The van der Waals surface area contributed by atoms with Crippen LogP contribution >= 0.6 is 0 Å². The average Bonchev–Trinajstić information content (AvgIpc) is 2.86. The highest BCUT2D eigenvalue weighted by Crippen LogP contribution is 2.29. The molecule has 1 aromatic carbocycles. The number of hydrogen-bond donors (Lipinski definition) is 0. The van der Waals surface area contributed by atoms with Gasteiger partial charge in [0.2, 0.25) is 0 Å². The Morgan fingerprint density at radius 1 is 1.32 bits per heavy atom. The summed E-state index contributed by atoms with van der Waals surface area (Å²) in [5, 5.41) is 3.42. The van der Waals surface area contributed by atoms with Gasteiger partial charge >= 0.3 is 0 Å². The third kappa shape index (κ3) is 2.37. The molecule has 0 amide bonds. The van der Waals surface area contributed by atoms with Gasteiger partial charge in [0.05, 0.1) is 5.69 Å². The molecular formula is C13H16FN5. The van der Waals surface area contributed by atoms with E-state index in [-0.39, 0.29) is 5.82 Å². The molecule has 2 heterocycles. The molecule has 6 heteroatoms. The van der Waals surface area contributed by atoms with Gasteiger partial charge in [-0.15, -0.1) is 0 Å². The Morgan fingerprint density at radius 2 is 2.21 bits per heavy atom. The van der Waals surface area contributed by atoms with Crippen molar-refractivity contribution in [3.63, 3.8) is 0 Å².